The second-order valence-electron chi connectivity index (χ2n) is 2.48. The fraction of sp³-hybridized carbons (Fsp3) is 0.625. The molecule has 0 fully saturated rings. The maximum absolute atomic E-state index is 11.7. The van der Waals surface area contributed by atoms with Gasteiger partial charge in [-0.1, -0.05) is 19.3 Å². The van der Waals surface area contributed by atoms with Crippen molar-refractivity contribution in [2.75, 3.05) is 0 Å². The van der Waals surface area contributed by atoms with E-state index in [1.165, 1.54) is 0 Å². The predicted octanol–water partition coefficient (Wildman–Crippen LogP) is 1.47. The van der Waals surface area contributed by atoms with E-state index in [0.29, 0.717) is 12.8 Å². The van der Waals surface area contributed by atoms with Crippen molar-refractivity contribution in [2.24, 2.45) is 0 Å². The van der Waals surface area contributed by atoms with Gasteiger partial charge in [0, 0.05) is 0 Å². The molecule has 0 bridgehead atoms. The van der Waals surface area contributed by atoms with Crippen LogP contribution in [-0.4, -0.2) is 18.1 Å². The van der Waals surface area contributed by atoms with Crippen LogP contribution in [0.5, 0.6) is 0 Å². The van der Waals surface area contributed by atoms with Crippen molar-refractivity contribution in [3.05, 3.63) is 0 Å². The largest absolute Gasteiger partial charge is 0.471 e. The fourth-order valence-corrected chi connectivity index (χ4v) is 0.726. The number of alkyl halides is 3. The Hall–Kier alpha value is -1.18. The van der Waals surface area contributed by atoms with E-state index < -0.39 is 18.1 Å². The summed E-state index contributed by atoms with van der Waals surface area (Å²) in [4.78, 5) is 10.4. The Bertz CT molecular complexity index is 216. The Kier molecular flexibility index (Phi) is 4.32. The highest BCUT2D eigenvalue weighted by atomic mass is 19.4. The highest BCUT2D eigenvalue weighted by Crippen LogP contribution is 2.14. The third-order valence-electron chi connectivity index (χ3n) is 1.34. The molecule has 2 nitrogen and oxygen atoms in total. The van der Waals surface area contributed by atoms with E-state index >= 15 is 0 Å². The molecule has 0 aliphatic rings. The maximum Gasteiger partial charge on any atom is 0.471 e. The topological polar surface area (TPSA) is 29.1 Å². The predicted molar refractivity (Wildman–Crippen MR) is 41.7 cm³/mol. The van der Waals surface area contributed by atoms with Crippen LogP contribution in [0.2, 0.25) is 0 Å². The summed E-state index contributed by atoms with van der Waals surface area (Å²) in [5, 5.41) is 1.71. The smallest absolute Gasteiger partial charge is 0.335 e. The molecule has 13 heavy (non-hydrogen) atoms. The van der Waals surface area contributed by atoms with Gasteiger partial charge < -0.3 is 5.32 Å². The SMILES string of the molecule is C#CC(CCC)NC(=O)C(F)(F)F. The van der Waals surface area contributed by atoms with E-state index in [9.17, 15) is 18.0 Å². The molecule has 0 aromatic rings. The average molecular weight is 193 g/mol. The number of rotatable bonds is 3. The zero-order chi connectivity index (χ0) is 10.5. The highest BCUT2D eigenvalue weighted by Gasteiger charge is 2.39. The van der Waals surface area contributed by atoms with Crippen molar-refractivity contribution in [1.29, 1.82) is 0 Å². The van der Waals surface area contributed by atoms with Crippen molar-refractivity contribution >= 4 is 5.91 Å². The van der Waals surface area contributed by atoms with E-state index in [2.05, 4.69) is 5.92 Å². The number of amides is 1. The number of terminal acetylenes is 1. The molecule has 5 heteroatoms. The van der Waals surface area contributed by atoms with Crippen molar-refractivity contribution in [2.45, 2.75) is 32.0 Å². The normalized spacial score (nSPS) is 13.2. The molecule has 0 aliphatic heterocycles. The van der Waals surface area contributed by atoms with E-state index in [1.54, 1.807) is 12.2 Å². The Morgan fingerprint density at radius 1 is 1.62 bits per heavy atom. The molecule has 0 radical (unpaired) electrons. The molecule has 0 saturated heterocycles. The number of carbonyl (C=O) groups excluding carboxylic acids is 1. The average Bonchev–Trinajstić information content (AvgIpc) is 2.01. The molecule has 0 aromatic carbocycles. The minimum atomic E-state index is -4.86. The van der Waals surface area contributed by atoms with Crippen LogP contribution in [0.4, 0.5) is 13.2 Å². The summed E-state index contributed by atoms with van der Waals surface area (Å²) in [5.41, 5.74) is 0. The van der Waals surface area contributed by atoms with Gasteiger partial charge in [-0.2, -0.15) is 13.2 Å². The summed E-state index contributed by atoms with van der Waals surface area (Å²) in [5.74, 6) is 0.0915. The third-order valence-corrected chi connectivity index (χ3v) is 1.34. The monoisotopic (exact) mass is 193 g/mol. The standard InChI is InChI=1S/C8H10F3NO/c1-3-5-6(4-2)12-7(13)8(9,10)11/h2,6H,3,5H2,1H3,(H,12,13). The summed E-state index contributed by atoms with van der Waals surface area (Å²) >= 11 is 0. The lowest BCUT2D eigenvalue weighted by molar-refractivity contribution is -0.174. The number of nitrogens with one attached hydrogen (secondary N) is 1. The van der Waals surface area contributed by atoms with Crippen molar-refractivity contribution in [1.82, 2.24) is 5.32 Å². The van der Waals surface area contributed by atoms with E-state index in [4.69, 9.17) is 6.42 Å². The third kappa shape index (κ3) is 4.41. The Labute approximate surface area is 74.5 Å². The zero-order valence-corrected chi connectivity index (χ0v) is 7.11. The Morgan fingerprint density at radius 2 is 2.15 bits per heavy atom. The Balaban J connectivity index is 4.12. The van der Waals surface area contributed by atoms with Crippen LogP contribution in [0, 0.1) is 12.3 Å². The summed E-state index contributed by atoms with van der Waals surface area (Å²) < 4.78 is 35.1. The van der Waals surface area contributed by atoms with Gasteiger partial charge in [0.2, 0.25) is 0 Å². The van der Waals surface area contributed by atoms with Gasteiger partial charge in [0.15, 0.2) is 0 Å². The van der Waals surface area contributed by atoms with Gasteiger partial charge in [-0.05, 0) is 6.42 Å². The first-order chi connectivity index (χ1) is 5.91. The van der Waals surface area contributed by atoms with Crippen LogP contribution in [0.15, 0.2) is 0 Å². The molecule has 74 valence electrons. The molecule has 1 amide bonds. The van der Waals surface area contributed by atoms with Crippen molar-refractivity contribution in [3.63, 3.8) is 0 Å². The lowest BCUT2D eigenvalue weighted by Crippen LogP contribution is -2.42. The molecule has 1 N–H and O–H groups in total. The lowest BCUT2D eigenvalue weighted by atomic mass is 10.2. The Morgan fingerprint density at radius 3 is 2.46 bits per heavy atom. The van der Waals surface area contributed by atoms with Crippen LogP contribution < -0.4 is 5.32 Å². The summed E-state index contributed by atoms with van der Waals surface area (Å²) in [6.45, 7) is 1.77. The number of halogens is 3. The first kappa shape index (κ1) is 11.8. The van der Waals surface area contributed by atoms with Crippen molar-refractivity contribution in [3.8, 4) is 12.3 Å². The van der Waals surface area contributed by atoms with Gasteiger partial charge in [0.25, 0.3) is 0 Å². The lowest BCUT2D eigenvalue weighted by Gasteiger charge is -2.13. The minimum Gasteiger partial charge on any atom is -0.335 e. The van der Waals surface area contributed by atoms with Gasteiger partial charge in [0.05, 0.1) is 6.04 Å². The zero-order valence-electron chi connectivity index (χ0n) is 7.11. The number of hydrogen-bond acceptors (Lipinski definition) is 1. The minimum absolute atomic E-state index is 0.346. The molecule has 0 rings (SSSR count). The highest BCUT2D eigenvalue weighted by molar-refractivity contribution is 5.82. The van der Waals surface area contributed by atoms with Crippen molar-refractivity contribution < 1.29 is 18.0 Å². The van der Waals surface area contributed by atoms with E-state index in [1.807, 2.05) is 0 Å². The molecule has 0 aliphatic carbocycles. The first-order valence-electron chi connectivity index (χ1n) is 3.75. The van der Waals surface area contributed by atoms with E-state index in [-0.39, 0.29) is 0 Å². The van der Waals surface area contributed by atoms with Gasteiger partial charge in [0.1, 0.15) is 0 Å². The van der Waals surface area contributed by atoms with Gasteiger partial charge >= 0.3 is 12.1 Å². The molecular formula is C8H10F3NO. The molecule has 0 aromatic heterocycles. The second-order valence-corrected chi connectivity index (χ2v) is 2.48. The molecular weight excluding hydrogens is 183 g/mol. The van der Waals surface area contributed by atoms with Gasteiger partial charge in [-0.3, -0.25) is 4.79 Å². The number of hydrogen-bond donors (Lipinski definition) is 1. The number of carbonyl (C=O) groups is 1. The molecule has 1 atom stereocenters. The van der Waals surface area contributed by atoms with Gasteiger partial charge in [-0.15, -0.1) is 6.42 Å². The van der Waals surface area contributed by atoms with Crippen LogP contribution in [0.1, 0.15) is 19.8 Å². The molecule has 0 heterocycles. The van der Waals surface area contributed by atoms with Crippen LogP contribution >= 0.6 is 0 Å². The fourth-order valence-electron chi connectivity index (χ4n) is 0.726. The quantitative estimate of drug-likeness (QED) is 0.675. The summed E-state index contributed by atoms with van der Waals surface area (Å²) in [6.07, 6.45) is 1.02. The van der Waals surface area contributed by atoms with Gasteiger partial charge in [-0.25, -0.2) is 0 Å². The van der Waals surface area contributed by atoms with Crippen LogP contribution in [-0.2, 0) is 4.79 Å². The van der Waals surface area contributed by atoms with Crippen LogP contribution in [0.25, 0.3) is 0 Å². The molecule has 1 unspecified atom stereocenters. The summed E-state index contributed by atoms with van der Waals surface area (Å²) in [6, 6.07) is -0.834. The molecule has 0 saturated carbocycles. The molecule has 0 spiro atoms. The van der Waals surface area contributed by atoms with Crippen LogP contribution in [0.3, 0.4) is 0 Å². The maximum atomic E-state index is 11.7. The second kappa shape index (κ2) is 4.75. The van der Waals surface area contributed by atoms with E-state index in [0.717, 1.165) is 0 Å². The first-order valence-corrected chi connectivity index (χ1v) is 3.75. The summed E-state index contributed by atoms with van der Waals surface area (Å²) in [7, 11) is 0.